The molecule has 0 bridgehead atoms. The molecule has 0 fully saturated rings. The molecule has 0 aliphatic carbocycles. The highest BCUT2D eigenvalue weighted by atomic mass is 16.5. The first-order valence-corrected chi connectivity index (χ1v) is 11.1. The Hall–Kier alpha value is -3.94. The quantitative estimate of drug-likeness (QED) is 0.628. The molecule has 4 rings (SSSR count). The normalized spacial score (nSPS) is 15.0. The second-order valence-corrected chi connectivity index (χ2v) is 7.82. The summed E-state index contributed by atoms with van der Waals surface area (Å²) in [4.78, 5) is 40.3. The van der Waals surface area contributed by atoms with Crippen LogP contribution in [0, 0.1) is 0 Å². The Labute approximate surface area is 191 Å². The molecule has 1 N–H and O–H groups in total. The number of ether oxygens (including phenoxy) is 1. The third-order valence-electron chi connectivity index (χ3n) is 5.66. The molecule has 33 heavy (non-hydrogen) atoms. The van der Waals surface area contributed by atoms with Gasteiger partial charge in [0.25, 0.3) is 17.4 Å². The average Bonchev–Trinajstić information content (AvgIpc) is 2.86. The van der Waals surface area contributed by atoms with Crippen molar-refractivity contribution >= 4 is 17.5 Å². The fourth-order valence-electron chi connectivity index (χ4n) is 3.77. The number of hydrogen-bond donors (Lipinski definition) is 1. The van der Waals surface area contributed by atoms with Gasteiger partial charge in [-0.1, -0.05) is 44.2 Å². The highest BCUT2D eigenvalue weighted by Crippen LogP contribution is 2.34. The van der Waals surface area contributed by atoms with E-state index in [4.69, 9.17) is 4.74 Å². The summed E-state index contributed by atoms with van der Waals surface area (Å²) >= 11 is 0. The minimum Gasteiger partial charge on any atom is -0.477 e. The molecule has 1 aliphatic rings. The van der Waals surface area contributed by atoms with Gasteiger partial charge in [0.1, 0.15) is 11.4 Å². The van der Waals surface area contributed by atoms with Gasteiger partial charge in [0, 0.05) is 12.1 Å². The van der Waals surface area contributed by atoms with Crippen molar-refractivity contribution in [1.82, 2.24) is 15.1 Å². The molecule has 3 aromatic rings. The average molecular weight is 447 g/mol. The van der Waals surface area contributed by atoms with Crippen molar-refractivity contribution in [3.8, 4) is 11.4 Å². The highest BCUT2D eigenvalue weighted by molar-refractivity contribution is 6.06. The third-order valence-corrected chi connectivity index (χ3v) is 5.66. The molecule has 0 saturated carbocycles. The van der Waals surface area contributed by atoms with Crippen LogP contribution in [-0.2, 0) is 4.79 Å². The molecule has 8 heteroatoms. The van der Waals surface area contributed by atoms with E-state index in [-0.39, 0.29) is 29.7 Å². The van der Waals surface area contributed by atoms with Crippen molar-refractivity contribution in [2.75, 3.05) is 11.4 Å². The lowest BCUT2D eigenvalue weighted by molar-refractivity contribution is -0.128. The fourth-order valence-corrected chi connectivity index (χ4v) is 3.77. The maximum absolute atomic E-state index is 13.5. The van der Waals surface area contributed by atoms with Crippen molar-refractivity contribution in [1.29, 1.82) is 0 Å². The lowest BCUT2D eigenvalue weighted by atomic mass is 10.1. The predicted octanol–water partition coefficient (Wildman–Crippen LogP) is 2.95. The lowest BCUT2D eigenvalue weighted by Gasteiger charge is -2.34. The van der Waals surface area contributed by atoms with Crippen LogP contribution in [0.1, 0.15) is 37.2 Å². The van der Waals surface area contributed by atoms with Crippen molar-refractivity contribution < 1.29 is 14.3 Å². The molecule has 1 unspecified atom stereocenters. The molecular weight excluding hydrogens is 420 g/mol. The maximum Gasteiger partial charge on any atom is 0.278 e. The Bertz CT molecular complexity index is 1200. The van der Waals surface area contributed by atoms with Crippen LogP contribution in [0.5, 0.6) is 5.75 Å². The second-order valence-electron chi connectivity index (χ2n) is 7.82. The van der Waals surface area contributed by atoms with Crippen LogP contribution in [0.4, 0.5) is 5.69 Å². The van der Waals surface area contributed by atoms with E-state index in [1.54, 1.807) is 48.5 Å². The number of carbonyl (C=O) groups excluding carboxylic acids is 2. The van der Waals surface area contributed by atoms with Gasteiger partial charge >= 0.3 is 0 Å². The van der Waals surface area contributed by atoms with E-state index in [2.05, 4.69) is 10.4 Å². The first kappa shape index (κ1) is 22.3. The van der Waals surface area contributed by atoms with Crippen LogP contribution >= 0.6 is 0 Å². The molecular formula is C25H26N4O4. The van der Waals surface area contributed by atoms with Crippen LogP contribution in [-0.4, -0.2) is 40.3 Å². The number of nitrogens with one attached hydrogen (secondary N) is 1. The Balaban J connectivity index is 1.66. The first-order valence-electron chi connectivity index (χ1n) is 11.1. The summed E-state index contributed by atoms with van der Waals surface area (Å²) in [6.07, 6.45) is 0.752. The van der Waals surface area contributed by atoms with Crippen molar-refractivity contribution in [3.63, 3.8) is 0 Å². The van der Waals surface area contributed by atoms with E-state index >= 15 is 0 Å². The largest absolute Gasteiger partial charge is 0.477 e. The molecule has 2 heterocycles. The van der Waals surface area contributed by atoms with Gasteiger partial charge in [-0.2, -0.15) is 9.78 Å². The number of rotatable bonds is 6. The highest BCUT2D eigenvalue weighted by Gasteiger charge is 2.35. The van der Waals surface area contributed by atoms with Gasteiger partial charge in [-0.3, -0.25) is 19.3 Å². The predicted molar refractivity (Wildman–Crippen MR) is 125 cm³/mol. The summed E-state index contributed by atoms with van der Waals surface area (Å²) in [5, 5.41) is 7.30. The molecule has 170 valence electrons. The van der Waals surface area contributed by atoms with Gasteiger partial charge in [-0.15, -0.1) is 0 Å². The molecule has 0 spiro atoms. The zero-order valence-electron chi connectivity index (χ0n) is 18.6. The van der Waals surface area contributed by atoms with Gasteiger partial charge in [0.15, 0.2) is 6.10 Å². The maximum atomic E-state index is 13.5. The number of amides is 2. The minimum absolute atomic E-state index is 0.0357. The number of anilines is 1. The van der Waals surface area contributed by atoms with E-state index in [1.807, 2.05) is 19.9 Å². The summed E-state index contributed by atoms with van der Waals surface area (Å²) in [5.74, 6) is -0.243. The number of carbonyl (C=O) groups is 2. The zero-order chi connectivity index (χ0) is 23.4. The summed E-state index contributed by atoms with van der Waals surface area (Å²) in [6, 6.07) is 18.7. The monoisotopic (exact) mass is 446 g/mol. The topological polar surface area (TPSA) is 93.5 Å². The van der Waals surface area contributed by atoms with Gasteiger partial charge in [0.2, 0.25) is 0 Å². The van der Waals surface area contributed by atoms with Crippen molar-refractivity contribution in [3.05, 3.63) is 82.8 Å². The number of benzene rings is 2. The van der Waals surface area contributed by atoms with E-state index in [0.717, 1.165) is 12.8 Å². The summed E-state index contributed by atoms with van der Waals surface area (Å²) in [5.41, 5.74) is 0.854. The van der Waals surface area contributed by atoms with Crippen LogP contribution in [0.3, 0.4) is 0 Å². The number of nitrogens with zero attached hydrogens (tertiary/aromatic N) is 3. The summed E-state index contributed by atoms with van der Waals surface area (Å²) < 4.78 is 7.12. The zero-order valence-corrected chi connectivity index (χ0v) is 18.6. The molecule has 2 amide bonds. The lowest BCUT2D eigenvalue weighted by Crippen LogP contribution is -2.52. The summed E-state index contributed by atoms with van der Waals surface area (Å²) in [6.45, 7) is 4.05. The molecule has 2 aromatic carbocycles. The molecule has 1 atom stereocenters. The number of aromatic nitrogens is 2. The minimum atomic E-state index is -0.857. The smallest absolute Gasteiger partial charge is 0.278 e. The molecule has 0 radical (unpaired) electrons. The van der Waals surface area contributed by atoms with Gasteiger partial charge < -0.3 is 10.1 Å². The molecule has 1 aliphatic heterocycles. The second kappa shape index (κ2) is 9.68. The van der Waals surface area contributed by atoms with Gasteiger partial charge in [0.05, 0.1) is 17.9 Å². The Kier molecular flexibility index (Phi) is 6.53. The van der Waals surface area contributed by atoms with Gasteiger partial charge in [-0.25, -0.2) is 0 Å². The van der Waals surface area contributed by atoms with Gasteiger partial charge in [-0.05, 0) is 43.2 Å². The van der Waals surface area contributed by atoms with E-state index in [1.165, 1.54) is 21.7 Å². The fraction of sp³-hybridized carbons (Fsp3) is 0.280. The SMILES string of the molecule is CCC(CC)NC(=O)C1CN(C(=O)c2ccc(=O)n(-c3ccccc3)n2)c2ccccc2O1. The number of hydrogen-bond acceptors (Lipinski definition) is 5. The Morgan fingerprint density at radius 1 is 1.03 bits per heavy atom. The third kappa shape index (κ3) is 4.64. The van der Waals surface area contributed by atoms with Crippen molar-refractivity contribution in [2.45, 2.75) is 38.8 Å². The molecule has 0 saturated heterocycles. The van der Waals surface area contributed by atoms with Crippen LogP contribution < -0.4 is 20.5 Å². The standard InChI is InChI=1S/C25H26N4O4/c1-3-17(4-2)26-24(31)22-16-28(20-12-8-9-13-21(20)33-22)25(32)19-14-15-23(30)29(27-19)18-10-6-5-7-11-18/h5-15,17,22H,3-4,16H2,1-2H3,(H,26,31). The van der Waals surface area contributed by atoms with E-state index < -0.39 is 12.0 Å². The summed E-state index contributed by atoms with van der Waals surface area (Å²) in [7, 11) is 0. The molecule has 8 nitrogen and oxygen atoms in total. The Morgan fingerprint density at radius 2 is 1.73 bits per heavy atom. The first-order chi connectivity index (χ1) is 16.0. The van der Waals surface area contributed by atoms with E-state index in [0.29, 0.717) is 17.1 Å². The van der Waals surface area contributed by atoms with E-state index in [9.17, 15) is 14.4 Å². The van der Waals surface area contributed by atoms with Crippen LogP contribution in [0.15, 0.2) is 71.5 Å². The Morgan fingerprint density at radius 3 is 2.45 bits per heavy atom. The number of para-hydroxylation sites is 3. The molecule has 1 aromatic heterocycles. The number of fused-ring (bicyclic) bond motifs is 1. The van der Waals surface area contributed by atoms with Crippen LogP contribution in [0.2, 0.25) is 0 Å². The van der Waals surface area contributed by atoms with Crippen LogP contribution in [0.25, 0.3) is 5.69 Å². The van der Waals surface area contributed by atoms with Crippen molar-refractivity contribution in [2.24, 2.45) is 0 Å².